The van der Waals surface area contributed by atoms with Crippen molar-refractivity contribution in [2.75, 3.05) is 46.3 Å². The number of nitrogens with one attached hydrogen (secondary N) is 1. The molecule has 0 saturated carbocycles. The Morgan fingerprint density at radius 1 is 1.35 bits per heavy atom. The van der Waals surface area contributed by atoms with Crippen LogP contribution < -0.4 is 15.0 Å². The Hall–Kier alpha value is -1.26. The van der Waals surface area contributed by atoms with E-state index < -0.39 is 0 Å². The van der Waals surface area contributed by atoms with Gasteiger partial charge < -0.3 is 19.7 Å². The standard InChI is InChI=1S/C13H22N2O2/c1-14-9-13(10-16-4)17-12-7-5-6-11(8-12)15(2)3/h5-8,13-14H,9-10H2,1-4H3. The number of nitrogens with zero attached hydrogens (tertiary/aromatic N) is 1. The molecule has 0 fully saturated rings. The lowest BCUT2D eigenvalue weighted by atomic mass is 10.3. The largest absolute Gasteiger partial charge is 0.487 e. The second kappa shape index (κ2) is 7.14. The Balaban J connectivity index is 2.67. The zero-order valence-electron chi connectivity index (χ0n) is 11.1. The molecule has 0 amide bonds. The molecule has 0 spiro atoms. The minimum Gasteiger partial charge on any atom is -0.487 e. The summed E-state index contributed by atoms with van der Waals surface area (Å²) < 4.78 is 11.0. The van der Waals surface area contributed by atoms with Crippen molar-refractivity contribution < 1.29 is 9.47 Å². The van der Waals surface area contributed by atoms with Gasteiger partial charge in [-0.2, -0.15) is 0 Å². The second-order valence-corrected chi connectivity index (χ2v) is 4.14. The minimum atomic E-state index is 0.0300. The summed E-state index contributed by atoms with van der Waals surface area (Å²) in [5.74, 6) is 0.869. The van der Waals surface area contributed by atoms with Gasteiger partial charge in [0.15, 0.2) is 0 Å². The van der Waals surface area contributed by atoms with Crippen molar-refractivity contribution in [3.63, 3.8) is 0 Å². The first kappa shape index (κ1) is 13.8. The fourth-order valence-corrected chi connectivity index (χ4v) is 1.58. The van der Waals surface area contributed by atoms with Crippen LogP contribution in [0.4, 0.5) is 5.69 Å². The fourth-order valence-electron chi connectivity index (χ4n) is 1.58. The van der Waals surface area contributed by atoms with Crippen molar-refractivity contribution in [1.82, 2.24) is 5.32 Å². The van der Waals surface area contributed by atoms with Crippen LogP contribution in [0.15, 0.2) is 24.3 Å². The summed E-state index contributed by atoms with van der Waals surface area (Å²) in [4.78, 5) is 2.05. The molecule has 0 heterocycles. The quantitative estimate of drug-likeness (QED) is 0.778. The molecule has 0 saturated heterocycles. The molecule has 1 atom stereocenters. The van der Waals surface area contributed by atoms with Crippen LogP contribution in [0.25, 0.3) is 0 Å². The molecular formula is C13H22N2O2. The molecule has 0 bridgehead atoms. The number of anilines is 1. The second-order valence-electron chi connectivity index (χ2n) is 4.14. The molecule has 0 aliphatic heterocycles. The van der Waals surface area contributed by atoms with Crippen LogP contribution in [0.5, 0.6) is 5.75 Å². The third kappa shape index (κ3) is 4.63. The van der Waals surface area contributed by atoms with E-state index in [0.717, 1.165) is 18.0 Å². The van der Waals surface area contributed by atoms with E-state index in [1.807, 2.05) is 39.3 Å². The van der Waals surface area contributed by atoms with E-state index in [0.29, 0.717) is 6.61 Å². The van der Waals surface area contributed by atoms with E-state index in [1.165, 1.54) is 0 Å². The van der Waals surface area contributed by atoms with Gasteiger partial charge in [-0.1, -0.05) is 6.07 Å². The maximum Gasteiger partial charge on any atom is 0.134 e. The van der Waals surface area contributed by atoms with Crippen molar-refractivity contribution in [1.29, 1.82) is 0 Å². The lowest BCUT2D eigenvalue weighted by Gasteiger charge is -2.19. The number of ether oxygens (including phenoxy) is 2. The van der Waals surface area contributed by atoms with Crippen LogP contribution >= 0.6 is 0 Å². The van der Waals surface area contributed by atoms with E-state index in [4.69, 9.17) is 9.47 Å². The van der Waals surface area contributed by atoms with Crippen LogP contribution in [0.1, 0.15) is 0 Å². The summed E-state index contributed by atoms with van der Waals surface area (Å²) in [6.07, 6.45) is 0.0300. The first-order chi connectivity index (χ1) is 8.17. The van der Waals surface area contributed by atoms with Crippen molar-refractivity contribution in [3.05, 3.63) is 24.3 Å². The first-order valence-electron chi connectivity index (χ1n) is 5.75. The van der Waals surface area contributed by atoms with Gasteiger partial charge in [0.05, 0.1) is 6.61 Å². The van der Waals surface area contributed by atoms with Crippen LogP contribution in [0.3, 0.4) is 0 Å². The molecule has 1 aromatic carbocycles. The molecule has 1 N–H and O–H groups in total. The highest BCUT2D eigenvalue weighted by Crippen LogP contribution is 2.20. The third-order valence-corrected chi connectivity index (χ3v) is 2.42. The average Bonchev–Trinajstić information content (AvgIpc) is 2.30. The topological polar surface area (TPSA) is 33.7 Å². The lowest BCUT2D eigenvalue weighted by Crippen LogP contribution is -2.33. The van der Waals surface area contributed by atoms with Gasteiger partial charge in [-0.25, -0.2) is 0 Å². The van der Waals surface area contributed by atoms with Crippen molar-refractivity contribution in [2.45, 2.75) is 6.10 Å². The molecule has 96 valence electrons. The van der Waals surface area contributed by atoms with Gasteiger partial charge in [0.1, 0.15) is 11.9 Å². The minimum absolute atomic E-state index is 0.0300. The Kier molecular flexibility index (Phi) is 5.80. The molecule has 1 aromatic rings. The maximum absolute atomic E-state index is 5.87. The molecule has 1 unspecified atom stereocenters. The normalized spacial score (nSPS) is 12.2. The van der Waals surface area contributed by atoms with E-state index in [9.17, 15) is 0 Å². The number of methoxy groups -OCH3 is 1. The number of hydrogen-bond donors (Lipinski definition) is 1. The number of benzene rings is 1. The van der Waals surface area contributed by atoms with Crippen LogP contribution in [0.2, 0.25) is 0 Å². The zero-order valence-corrected chi connectivity index (χ0v) is 11.1. The van der Waals surface area contributed by atoms with E-state index >= 15 is 0 Å². The van der Waals surface area contributed by atoms with Crippen LogP contribution in [-0.4, -0.2) is 47.5 Å². The maximum atomic E-state index is 5.87. The molecule has 4 nitrogen and oxygen atoms in total. The number of likely N-dealkylation sites (N-methyl/N-ethyl adjacent to an activating group) is 1. The van der Waals surface area contributed by atoms with Gasteiger partial charge in [-0.3, -0.25) is 0 Å². The molecule has 4 heteroatoms. The Bertz CT molecular complexity index is 323. The molecule has 0 radical (unpaired) electrons. The summed E-state index contributed by atoms with van der Waals surface area (Å²) in [5, 5.41) is 3.09. The van der Waals surface area contributed by atoms with Gasteiger partial charge in [0, 0.05) is 39.5 Å². The Morgan fingerprint density at radius 2 is 2.12 bits per heavy atom. The fraction of sp³-hybridized carbons (Fsp3) is 0.538. The van der Waals surface area contributed by atoms with E-state index in [1.54, 1.807) is 7.11 Å². The first-order valence-corrected chi connectivity index (χ1v) is 5.75. The van der Waals surface area contributed by atoms with Gasteiger partial charge in [0.2, 0.25) is 0 Å². The Morgan fingerprint density at radius 3 is 2.71 bits per heavy atom. The van der Waals surface area contributed by atoms with Gasteiger partial charge >= 0.3 is 0 Å². The lowest BCUT2D eigenvalue weighted by molar-refractivity contribution is 0.0819. The van der Waals surface area contributed by atoms with E-state index in [2.05, 4.69) is 16.3 Å². The third-order valence-electron chi connectivity index (χ3n) is 2.42. The highest BCUT2D eigenvalue weighted by Gasteiger charge is 2.09. The molecule has 17 heavy (non-hydrogen) atoms. The predicted molar refractivity (Wildman–Crippen MR) is 71.0 cm³/mol. The molecule has 0 aromatic heterocycles. The highest BCUT2D eigenvalue weighted by molar-refractivity contribution is 5.49. The average molecular weight is 238 g/mol. The predicted octanol–water partition coefficient (Wildman–Crippen LogP) is 1.37. The van der Waals surface area contributed by atoms with Crippen molar-refractivity contribution >= 4 is 5.69 Å². The summed E-state index contributed by atoms with van der Waals surface area (Å²) in [5.41, 5.74) is 1.13. The van der Waals surface area contributed by atoms with Crippen molar-refractivity contribution in [2.24, 2.45) is 0 Å². The molecule has 0 aliphatic rings. The summed E-state index contributed by atoms with van der Waals surface area (Å²) >= 11 is 0. The SMILES string of the molecule is CNCC(COC)Oc1cccc(N(C)C)c1. The van der Waals surface area contributed by atoms with E-state index in [-0.39, 0.29) is 6.10 Å². The zero-order chi connectivity index (χ0) is 12.7. The smallest absolute Gasteiger partial charge is 0.134 e. The van der Waals surface area contributed by atoms with Gasteiger partial charge in [-0.05, 0) is 19.2 Å². The molecular weight excluding hydrogens is 216 g/mol. The molecule has 0 aliphatic carbocycles. The molecule has 1 rings (SSSR count). The van der Waals surface area contributed by atoms with Crippen LogP contribution in [-0.2, 0) is 4.74 Å². The highest BCUT2D eigenvalue weighted by atomic mass is 16.5. The summed E-state index contributed by atoms with van der Waals surface area (Å²) in [7, 11) is 7.61. The number of hydrogen-bond acceptors (Lipinski definition) is 4. The van der Waals surface area contributed by atoms with Crippen LogP contribution in [0, 0.1) is 0 Å². The van der Waals surface area contributed by atoms with Gasteiger partial charge in [-0.15, -0.1) is 0 Å². The number of rotatable bonds is 7. The Labute approximate surface area is 104 Å². The van der Waals surface area contributed by atoms with Crippen molar-refractivity contribution in [3.8, 4) is 5.75 Å². The van der Waals surface area contributed by atoms with Gasteiger partial charge in [0.25, 0.3) is 0 Å². The summed E-state index contributed by atoms with van der Waals surface area (Å²) in [6.45, 7) is 1.34. The summed E-state index contributed by atoms with van der Waals surface area (Å²) in [6, 6.07) is 8.04. The monoisotopic (exact) mass is 238 g/mol.